The van der Waals surface area contributed by atoms with Crippen molar-refractivity contribution >= 4 is 88.7 Å². The lowest BCUT2D eigenvalue weighted by Gasteiger charge is -2.30. The van der Waals surface area contributed by atoms with Crippen LogP contribution in [0, 0.1) is 0 Å². The Morgan fingerprint density at radius 3 is 1.57 bits per heavy atom. The lowest BCUT2D eigenvalue weighted by atomic mass is 10.0. The molecule has 10 amide bonds. The number of unbranched alkanes of at least 4 members (excludes halogenated alkanes) is 2. The van der Waals surface area contributed by atoms with E-state index >= 15 is 0 Å². The highest BCUT2D eigenvalue weighted by Crippen LogP contribution is 2.20. The number of aliphatic imine (C=N–C) groups is 1. The van der Waals surface area contributed by atoms with Crippen LogP contribution in [-0.2, 0) is 57.5 Å². The molecule has 0 radical (unpaired) electrons. The monoisotopic (exact) mass is 1160 g/mol. The van der Waals surface area contributed by atoms with Gasteiger partial charge >= 0.3 is 11.9 Å². The van der Waals surface area contributed by atoms with Gasteiger partial charge in [0.15, 0.2) is 5.96 Å². The molecule has 1 fully saturated rings. The van der Waals surface area contributed by atoms with Crippen molar-refractivity contribution in [3.8, 4) is 0 Å². The van der Waals surface area contributed by atoms with Gasteiger partial charge in [0.1, 0.15) is 54.4 Å². The first kappa shape index (κ1) is 71.0. The molecular weight excluding hydrogens is 1080 g/mol. The quantitative estimate of drug-likeness (QED) is 0.0154. The van der Waals surface area contributed by atoms with E-state index < -0.39 is 164 Å². The first-order valence-corrected chi connectivity index (χ1v) is 27.2. The number of primary amides is 1. The molecule has 1 saturated heterocycles. The second-order valence-corrected chi connectivity index (χ2v) is 19.7. The van der Waals surface area contributed by atoms with Crippen LogP contribution in [0.1, 0.15) is 90.4 Å². The number of carboxylic acids is 2. The third-order valence-electron chi connectivity index (χ3n) is 12.2. The number of thioether (sulfide) groups is 1. The van der Waals surface area contributed by atoms with E-state index in [2.05, 4.69) is 47.5 Å². The van der Waals surface area contributed by atoms with E-state index in [9.17, 15) is 83.1 Å². The third-order valence-corrected chi connectivity index (χ3v) is 12.9. The highest BCUT2D eigenvalue weighted by Gasteiger charge is 2.40. The molecule has 1 aliphatic heterocycles. The molecule has 0 aliphatic carbocycles. The molecule has 1 rings (SSSR count). The van der Waals surface area contributed by atoms with Crippen molar-refractivity contribution in [3.63, 3.8) is 0 Å². The average molecular weight is 1160 g/mol. The molecule has 0 bridgehead atoms. The normalized spacial score (nSPS) is 16.7. The van der Waals surface area contributed by atoms with Gasteiger partial charge < -0.3 is 107 Å². The molecule has 0 saturated carbocycles. The zero-order valence-electron chi connectivity index (χ0n) is 44.9. The number of carboxylic acid groups (broad SMARTS) is 2. The summed E-state index contributed by atoms with van der Waals surface area (Å²) in [6, 6.07) is -15.9. The topological polar surface area (TPSA) is 574 Å². The first-order chi connectivity index (χ1) is 37.8. The number of likely N-dealkylation sites (tertiary alicyclic amines) is 1. The molecule has 0 aromatic carbocycles. The van der Waals surface area contributed by atoms with Gasteiger partial charge in [-0.25, -0.2) is 4.79 Å². The van der Waals surface area contributed by atoms with E-state index in [0.29, 0.717) is 25.0 Å². The number of amides is 10. The molecule has 33 nitrogen and oxygen atoms in total. The van der Waals surface area contributed by atoms with Gasteiger partial charge in [0.25, 0.3) is 0 Å². The van der Waals surface area contributed by atoms with E-state index in [1.165, 1.54) is 16.7 Å². The molecule has 1 heterocycles. The number of nitrogens with one attached hydrogen (secondary N) is 8. The largest absolute Gasteiger partial charge is 0.481 e. The van der Waals surface area contributed by atoms with Gasteiger partial charge in [0.2, 0.25) is 59.1 Å². The Kier molecular flexibility index (Phi) is 33.6. The van der Waals surface area contributed by atoms with Crippen molar-refractivity contribution < 1.29 is 83.1 Å². The summed E-state index contributed by atoms with van der Waals surface area (Å²) in [5.41, 5.74) is 32.8. The van der Waals surface area contributed by atoms with Crippen molar-refractivity contribution in [2.45, 2.75) is 157 Å². The van der Waals surface area contributed by atoms with Gasteiger partial charge in [0.05, 0.1) is 38.2 Å². The van der Waals surface area contributed by atoms with E-state index in [1.807, 2.05) is 0 Å². The van der Waals surface area contributed by atoms with Crippen LogP contribution in [0.25, 0.3) is 0 Å². The summed E-state index contributed by atoms with van der Waals surface area (Å²) in [7, 11) is 0. The summed E-state index contributed by atoms with van der Waals surface area (Å²) in [5.74, 6) is -13.3. The summed E-state index contributed by atoms with van der Waals surface area (Å²) in [6.45, 7) is -0.726. The van der Waals surface area contributed by atoms with Crippen molar-refractivity contribution in [1.29, 1.82) is 0 Å². The zero-order valence-corrected chi connectivity index (χ0v) is 45.7. The SMILES string of the molecule is CSCC[C@H](NC(=O)[C@@H](N)CC(N)=O)C(=O)N1CCC[C@H]1C(=O)N[C@@H](CO)C(=O)N[C@@H](CO)C(=O)N[C@@H](CCCCN)C(=O)N[C@@H](CC(=O)O)C(=O)N[C@H](C(=O)N[C@@H](CCCN=C(N)N)C(=O)N[C@@H](CCCCN)C(=O)O)[C@@H](C)O. The van der Waals surface area contributed by atoms with Crippen LogP contribution in [-0.4, -0.2) is 225 Å². The molecule has 25 N–H and O–H groups in total. The lowest BCUT2D eigenvalue weighted by Crippen LogP contribution is -2.62. The summed E-state index contributed by atoms with van der Waals surface area (Å²) in [6.07, 6.45) is -0.274. The maximum absolute atomic E-state index is 13.9. The van der Waals surface area contributed by atoms with E-state index in [4.69, 9.17) is 34.4 Å². The van der Waals surface area contributed by atoms with Crippen LogP contribution in [0.5, 0.6) is 0 Å². The summed E-state index contributed by atoms with van der Waals surface area (Å²) < 4.78 is 0. The number of aliphatic carboxylic acids is 2. The van der Waals surface area contributed by atoms with Crippen LogP contribution >= 0.6 is 11.8 Å². The van der Waals surface area contributed by atoms with Gasteiger partial charge in [-0.1, -0.05) is 0 Å². The number of nitrogens with two attached hydrogens (primary N) is 6. The molecule has 0 spiro atoms. The molecule has 454 valence electrons. The Morgan fingerprint density at radius 2 is 1.07 bits per heavy atom. The van der Waals surface area contributed by atoms with Crippen molar-refractivity contribution in [3.05, 3.63) is 0 Å². The fraction of sp³-hybridized carbons (Fsp3) is 0.717. The Bertz CT molecular complexity index is 2140. The van der Waals surface area contributed by atoms with Crippen LogP contribution in [0.15, 0.2) is 4.99 Å². The third kappa shape index (κ3) is 25.9. The van der Waals surface area contributed by atoms with Gasteiger partial charge in [-0.3, -0.25) is 57.7 Å². The molecule has 1 aliphatic rings. The highest BCUT2D eigenvalue weighted by atomic mass is 32.2. The van der Waals surface area contributed by atoms with Gasteiger partial charge in [-0.05, 0) is 103 Å². The van der Waals surface area contributed by atoms with Gasteiger partial charge in [-0.2, -0.15) is 11.8 Å². The fourth-order valence-electron chi connectivity index (χ4n) is 7.92. The number of hydrogen-bond acceptors (Lipinski definition) is 20. The number of nitrogens with zero attached hydrogens (tertiary/aromatic N) is 2. The first-order valence-electron chi connectivity index (χ1n) is 25.8. The van der Waals surface area contributed by atoms with Crippen molar-refractivity contribution in [1.82, 2.24) is 47.4 Å². The molecule has 0 unspecified atom stereocenters. The molecule has 80 heavy (non-hydrogen) atoms. The van der Waals surface area contributed by atoms with Crippen LogP contribution in [0.4, 0.5) is 0 Å². The summed E-state index contributed by atoms with van der Waals surface area (Å²) in [5, 5.41) is 68.9. The fourth-order valence-corrected chi connectivity index (χ4v) is 8.39. The Labute approximate surface area is 465 Å². The maximum Gasteiger partial charge on any atom is 0.326 e. The van der Waals surface area contributed by atoms with E-state index in [-0.39, 0.29) is 83.5 Å². The predicted molar refractivity (Wildman–Crippen MR) is 286 cm³/mol. The number of aliphatic hydroxyl groups is 3. The smallest absolute Gasteiger partial charge is 0.326 e. The second-order valence-electron chi connectivity index (χ2n) is 18.7. The van der Waals surface area contributed by atoms with Crippen molar-refractivity contribution in [2.24, 2.45) is 39.4 Å². The Hall–Kier alpha value is -6.98. The van der Waals surface area contributed by atoms with Crippen LogP contribution in [0.3, 0.4) is 0 Å². The molecule has 0 aromatic rings. The van der Waals surface area contributed by atoms with Gasteiger partial charge in [-0.15, -0.1) is 0 Å². The molecule has 0 aromatic heterocycles. The number of aliphatic hydroxyl groups excluding tert-OH is 3. The summed E-state index contributed by atoms with van der Waals surface area (Å²) >= 11 is 1.36. The minimum Gasteiger partial charge on any atom is -0.481 e. The molecule has 11 atom stereocenters. The zero-order chi connectivity index (χ0) is 60.6. The number of guanidine groups is 1. The van der Waals surface area contributed by atoms with E-state index in [1.54, 1.807) is 6.26 Å². The minimum atomic E-state index is -2.02. The average Bonchev–Trinajstić information content (AvgIpc) is 3.89. The standard InChI is InChI=1S/C46H82N16O17S/c1-23(65)35(43(76)55-26(11-7-16-53-46(51)52)37(70)57-28(45(78)79)10-4-6-15-48)61-39(72)29(20-34(67)68)58-38(71)25(9-3-5-14-47)54-40(73)30(21-63)59-41(74)31(22-64)60-42(75)32-12-8-17-62(32)44(77)27(13-18-80-2)56-36(69)24(49)19-33(50)66/h23-32,35,63-65H,3-22,47-49H2,1-2H3,(H2,50,66)(H,54,73)(H,55,76)(H,56,69)(H,57,70)(H,58,71)(H,59,74)(H,60,75)(H,61,72)(H,67,68)(H,78,79)(H4,51,52,53)/t23-,24+,25+,26+,27+,28+,29+,30+,31+,32+,35+/m1/s1. The number of hydrogen-bond donors (Lipinski definition) is 19. The number of carbonyl (C=O) groups excluding carboxylic acids is 10. The lowest BCUT2D eigenvalue weighted by molar-refractivity contribution is -0.142. The number of rotatable bonds is 40. The number of carbonyl (C=O) groups is 12. The highest BCUT2D eigenvalue weighted by molar-refractivity contribution is 7.98. The summed E-state index contributed by atoms with van der Waals surface area (Å²) in [4.78, 5) is 162. The molecule has 34 heteroatoms. The second kappa shape index (κ2) is 37.8. The van der Waals surface area contributed by atoms with Gasteiger partial charge in [0, 0.05) is 13.1 Å². The van der Waals surface area contributed by atoms with Crippen LogP contribution < -0.4 is 76.9 Å². The van der Waals surface area contributed by atoms with Crippen molar-refractivity contribution in [2.75, 3.05) is 51.4 Å². The van der Waals surface area contributed by atoms with E-state index in [0.717, 1.165) is 6.92 Å². The molecular formula is C46H82N16O17S. The Morgan fingerprint density at radius 1 is 0.600 bits per heavy atom. The maximum atomic E-state index is 13.9. The minimum absolute atomic E-state index is 0.0164. The Balaban J connectivity index is 3.32. The van der Waals surface area contributed by atoms with Crippen LogP contribution in [0.2, 0.25) is 0 Å². The predicted octanol–water partition coefficient (Wildman–Crippen LogP) is -8.95.